The fourth-order valence-corrected chi connectivity index (χ4v) is 5.34. The lowest BCUT2D eigenvalue weighted by Crippen LogP contribution is -2.58. The first kappa shape index (κ1) is 24.9. The summed E-state index contributed by atoms with van der Waals surface area (Å²) < 4.78 is 16.1. The van der Waals surface area contributed by atoms with Crippen LogP contribution in [0.1, 0.15) is 48.0 Å². The molecule has 2 atom stereocenters. The number of amides is 2. The molecule has 2 aromatic rings. The number of hydrogen-bond acceptors (Lipinski definition) is 6. The van der Waals surface area contributed by atoms with E-state index in [0.717, 1.165) is 43.4 Å². The average Bonchev–Trinajstić information content (AvgIpc) is 2.84. The number of anilines is 1. The van der Waals surface area contributed by atoms with E-state index in [9.17, 15) is 9.59 Å². The smallest absolute Gasteiger partial charge is 0.251 e. The van der Waals surface area contributed by atoms with E-state index in [1.54, 1.807) is 12.1 Å². The molecule has 2 fully saturated rings. The largest absolute Gasteiger partial charge is 0.493 e. The van der Waals surface area contributed by atoms with Gasteiger partial charge in [0.15, 0.2) is 11.5 Å². The molecule has 2 aromatic carbocycles. The highest BCUT2D eigenvalue weighted by molar-refractivity contribution is 5.96. The minimum Gasteiger partial charge on any atom is -0.493 e. The van der Waals surface area contributed by atoms with E-state index in [-0.39, 0.29) is 29.9 Å². The summed E-state index contributed by atoms with van der Waals surface area (Å²) in [7, 11) is 4.60. The summed E-state index contributed by atoms with van der Waals surface area (Å²) in [6.07, 6.45) is 4.86. The lowest BCUT2D eigenvalue weighted by Gasteiger charge is -2.48. The van der Waals surface area contributed by atoms with Gasteiger partial charge in [-0.2, -0.15) is 0 Å². The number of nitrogens with zero attached hydrogens (tertiary/aromatic N) is 1. The van der Waals surface area contributed by atoms with E-state index in [2.05, 4.69) is 15.5 Å². The predicted molar refractivity (Wildman–Crippen MR) is 135 cm³/mol. The zero-order chi connectivity index (χ0) is 24.9. The van der Waals surface area contributed by atoms with Crippen LogP contribution in [0.5, 0.6) is 17.2 Å². The molecular weight excluding hydrogens is 446 g/mol. The van der Waals surface area contributed by atoms with Crippen LogP contribution in [0.25, 0.3) is 0 Å². The molecule has 0 radical (unpaired) electrons. The average molecular weight is 482 g/mol. The van der Waals surface area contributed by atoms with Crippen LogP contribution in [0, 0.1) is 6.92 Å². The fraction of sp³-hybridized carbons (Fsp3) is 0.481. The third-order valence-corrected chi connectivity index (χ3v) is 7.05. The van der Waals surface area contributed by atoms with E-state index in [1.807, 2.05) is 31.2 Å². The highest BCUT2D eigenvalue weighted by Crippen LogP contribution is 2.38. The number of benzene rings is 2. The molecule has 2 unspecified atom stereocenters. The molecule has 0 saturated carbocycles. The summed E-state index contributed by atoms with van der Waals surface area (Å²) in [4.78, 5) is 28.2. The Balaban J connectivity index is 1.39. The van der Waals surface area contributed by atoms with Crippen molar-refractivity contribution >= 4 is 17.5 Å². The van der Waals surface area contributed by atoms with Gasteiger partial charge in [-0.1, -0.05) is 24.1 Å². The third-order valence-electron chi connectivity index (χ3n) is 7.05. The molecule has 2 amide bonds. The van der Waals surface area contributed by atoms with Crippen molar-refractivity contribution in [2.75, 3.05) is 33.2 Å². The van der Waals surface area contributed by atoms with E-state index >= 15 is 0 Å². The number of fused-ring (bicyclic) bond motifs is 2. The molecule has 2 aliphatic rings. The maximum Gasteiger partial charge on any atom is 0.251 e. The van der Waals surface area contributed by atoms with Crippen molar-refractivity contribution in [3.8, 4) is 17.2 Å². The van der Waals surface area contributed by atoms with E-state index < -0.39 is 0 Å². The summed E-state index contributed by atoms with van der Waals surface area (Å²) in [5.41, 5.74) is 2.44. The molecule has 0 aliphatic carbocycles. The molecule has 0 aromatic heterocycles. The Labute approximate surface area is 206 Å². The monoisotopic (exact) mass is 481 g/mol. The number of nitrogens with one attached hydrogen (secondary N) is 2. The standard InChI is InChI=1S/C27H35N3O5/c1-17-8-10-19(11-9-17)28-25(31)16-30-21-6-5-7-22(30)15-20(14-21)29-27(32)18-12-23(33-2)26(35-4)24(13-18)34-3/h8-13,20-22H,5-7,14-16H2,1-4H3,(H,28,31)(H,29,32). The highest BCUT2D eigenvalue weighted by Gasteiger charge is 2.39. The number of aryl methyl sites for hydroxylation is 1. The quantitative estimate of drug-likeness (QED) is 0.597. The van der Waals surface area contributed by atoms with Crippen LogP contribution in [-0.4, -0.2) is 62.7 Å². The number of methoxy groups -OCH3 is 3. The number of rotatable bonds is 8. The SMILES string of the molecule is COc1cc(C(=O)NC2CC3CCCC(C2)N3CC(=O)Nc2ccc(C)cc2)cc(OC)c1OC. The molecular formula is C27H35N3O5. The van der Waals surface area contributed by atoms with Gasteiger partial charge in [0.25, 0.3) is 5.91 Å². The maximum absolute atomic E-state index is 13.1. The molecule has 2 N–H and O–H groups in total. The minimum absolute atomic E-state index is 0.00524. The van der Waals surface area contributed by atoms with Gasteiger partial charge in [0, 0.05) is 29.4 Å². The van der Waals surface area contributed by atoms with Gasteiger partial charge in [-0.3, -0.25) is 14.5 Å². The van der Waals surface area contributed by atoms with Gasteiger partial charge < -0.3 is 24.8 Å². The van der Waals surface area contributed by atoms with Crippen LogP contribution in [-0.2, 0) is 4.79 Å². The molecule has 35 heavy (non-hydrogen) atoms. The van der Waals surface area contributed by atoms with Gasteiger partial charge in [-0.15, -0.1) is 0 Å². The van der Waals surface area contributed by atoms with Crippen molar-refractivity contribution in [3.63, 3.8) is 0 Å². The molecule has 8 nitrogen and oxygen atoms in total. The maximum atomic E-state index is 13.1. The zero-order valence-electron chi connectivity index (χ0n) is 20.9. The Kier molecular flexibility index (Phi) is 7.80. The lowest BCUT2D eigenvalue weighted by molar-refractivity contribution is -0.120. The molecule has 2 saturated heterocycles. The first-order valence-corrected chi connectivity index (χ1v) is 12.1. The number of carbonyl (C=O) groups is 2. The Bertz CT molecular complexity index is 1020. The van der Waals surface area contributed by atoms with Gasteiger partial charge in [0.1, 0.15) is 0 Å². The first-order valence-electron chi connectivity index (χ1n) is 12.1. The second kappa shape index (κ2) is 11.0. The van der Waals surface area contributed by atoms with Crippen LogP contribution in [0.2, 0.25) is 0 Å². The van der Waals surface area contributed by atoms with Crippen molar-refractivity contribution in [2.24, 2.45) is 0 Å². The Morgan fingerprint density at radius 1 is 0.943 bits per heavy atom. The summed E-state index contributed by atoms with van der Waals surface area (Å²) in [5, 5.41) is 6.22. The van der Waals surface area contributed by atoms with E-state index in [1.165, 1.54) is 21.3 Å². The fourth-order valence-electron chi connectivity index (χ4n) is 5.34. The van der Waals surface area contributed by atoms with Crippen LogP contribution >= 0.6 is 0 Å². The van der Waals surface area contributed by atoms with Gasteiger partial charge in [-0.05, 0) is 56.9 Å². The first-order chi connectivity index (χ1) is 16.9. The summed E-state index contributed by atoms with van der Waals surface area (Å²) in [5.74, 6) is 1.19. The molecule has 8 heteroatoms. The van der Waals surface area contributed by atoms with Gasteiger partial charge >= 0.3 is 0 Å². The van der Waals surface area contributed by atoms with E-state index in [4.69, 9.17) is 14.2 Å². The second-order valence-corrected chi connectivity index (χ2v) is 9.38. The molecule has 2 heterocycles. The highest BCUT2D eigenvalue weighted by atomic mass is 16.5. The molecule has 2 bridgehead atoms. The van der Waals surface area contributed by atoms with Gasteiger partial charge in [0.2, 0.25) is 11.7 Å². The molecule has 0 spiro atoms. The Morgan fingerprint density at radius 3 is 2.09 bits per heavy atom. The summed E-state index contributed by atoms with van der Waals surface area (Å²) in [6.45, 7) is 2.40. The van der Waals surface area contributed by atoms with Crippen molar-refractivity contribution in [1.29, 1.82) is 0 Å². The van der Waals surface area contributed by atoms with Crippen molar-refractivity contribution in [3.05, 3.63) is 47.5 Å². The minimum atomic E-state index is -0.169. The van der Waals surface area contributed by atoms with Crippen LogP contribution in [0.4, 0.5) is 5.69 Å². The molecule has 188 valence electrons. The van der Waals surface area contributed by atoms with Crippen molar-refractivity contribution in [1.82, 2.24) is 10.2 Å². The van der Waals surface area contributed by atoms with Crippen molar-refractivity contribution in [2.45, 2.75) is 57.2 Å². The summed E-state index contributed by atoms with van der Waals surface area (Å²) >= 11 is 0. The van der Waals surface area contributed by atoms with Crippen molar-refractivity contribution < 1.29 is 23.8 Å². The number of ether oxygens (including phenoxy) is 3. The van der Waals surface area contributed by atoms with Crippen LogP contribution in [0.3, 0.4) is 0 Å². The van der Waals surface area contributed by atoms with Gasteiger partial charge in [0.05, 0.1) is 27.9 Å². The zero-order valence-corrected chi connectivity index (χ0v) is 20.9. The normalized spacial score (nSPS) is 21.7. The van der Waals surface area contributed by atoms with E-state index in [0.29, 0.717) is 29.4 Å². The number of piperidine rings is 2. The topological polar surface area (TPSA) is 89.1 Å². The summed E-state index contributed by atoms with van der Waals surface area (Å²) in [6, 6.07) is 11.8. The van der Waals surface area contributed by atoms with Crippen LogP contribution < -0.4 is 24.8 Å². The Hall–Kier alpha value is -3.26. The number of hydrogen-bond donors (Lipinski definition) is 2. The predicted octanol–water partition coefficient (Wildman–Crippen LogP) is 3.77. The van der Waals surface area contributed by atoms with Crippen LogP contribution in [0.15, 0.2) is 36.4 Å². The second-order valence-electron chi connectivity index (χ2n) is 9.38. The number of carbonyl (C=O) groups excluding carboxylic acids is 2. The molecule has 4 rings (SSSR count). The van der Waals surface area contributed by atoms with Gasteiger partial charge in [-0.25, -0.2) is 0 Å². The Morgan fingerprint density at radius 2 is 1.54 bits per heavy atom. The molecule has 2 aliphatic heterocycles. The lowest BCUT2D eigenvalue weighted by atomic mass is 9.81. The third kappa shape index (κ3) is 5.70.